The second-order valence-electron chi connectivity index (χ2n) is 6.93. The van der Waals surface area contributed by atoms with E-state index < -0.39 is 12.0 Å². The van der Waals surface area contributed by atoms with Crippen LogP contribution in [-0.2, 0) is 11.8 Å². The molecule has 6 heteroatoms. The zero-order valence-corrected chi connectivity index (χ0v) is 14.2. The van der Waals surface area contributed by atoms with Crippen molar-refractivity contribution in [1.29, 1.82) is 0 Å². The quantitative estimate of drug-likeness (QED) is 0.843. The Morgan fingerprint density at radius 1 is 1.35 bits per heavy atom. The highest BCUT2D eigenvalue weighted by Gasteiger charge is 2.28. The molecule has 1 amide bonds. The summed E-state index contributed by atoms with van der Waals surface area (Å²) in [5.41, 5.74) is 1.34. The largest absolute Gasteiger partial charge is 0.480 e. The summed E-state index contributed by atoms with van der Waals surface area (Å²) in [6, 6.07) is -0.859. The molecule has 0 radical (unpaired) electrons. The minimum Gasteiger partial charge on any atom is -0.480 e. The number of aryl methyl sites for hydroxylation is 1. The van der Waals surface area contributed by atoms with E-state index in [1.165, 1.54) is 6.42 Å². The number of carbonyl (C=O) groups excluding carboxylic acids is 1. The van der Waals surface area contributed by atoms with Gasteiger partial charge in [-0.05, 0) is 25.2 Å². The SMILES string of the molecule is CC(C)C[C@@H](NC(=O)c1cn(C)nc1C1CCCCC1)C(=O)O. The van der Waals surface area contributed by atoms with E-state index >= 15 is 0 Å². The molecule has 0 aromatic carbocycles. The molecule has 0 unspecified atom stereocenters. The first-order valence-corrected chi connectivity index (χ1v) is 8.45. The van der Waals surface area contributed by atoms with Crippen molar-refractivity contribution in [3.05, 3.63) is 17.5 Å². The zero-order valence-electron chi connectivity index (χ0n) is 14.2. The van der Waals surface area contributed by atoms with E-state index in [-0.39, 0.29) is 11.8 Å². The Balaban J connectivity index is 2.16. The van der Waals surface area contributed by atoms with Gasteiger partial charge in [0.25, 0.3) is 5.91 Å². The molecule has 2 N–H and O–H groups in total. The van der Waals surface area contributed by atoms with Crippen molar-refractivity contribution in [3.8, 4) is 0 Å². The van der Waals surface area contributed by atoms with Crippen molar-refractivity contribution in [2.45, 2.75) is 64.3 Å². The molecule has 1 saturated carbocycles. The molecular formula is C17H27N3O3. The molecule has 0 bridgehead atoms. The van der Waals surface area contributed by atoms with Gasteiger partial charge >= 0.3 is 5.97 Å². The monoisotopic (exact) mass is 321 g/mol. The lowest BCUT2D eigenvalue weighted by Gasteiger charge is -2.21. The van der Waals surface area contributed by atoms with Crippen molar-refractivity contribution in [2.24, 2.45) is 13.0 Å². The number of aromatic nitrogens is 2. The van der Waals surface area contributed by atoms with Gasteiger partial charge in [0.05, 0.1) is 11.3 Å². The maximum absolute atomic E-state index is 12.6. The van der Waals surface area contributed by atoms with Gasteiger partial charge in [0, 0.05) is 19.2 Å². The van der Waals surface area contributed by atoms with Crippen LogP contribution in [0.15, 0.2) is 6.20 Å². The molecular weight excluding hydrogens is 294 g/mol. The van der Waals surface area contributed by atoms with Crippen molar-refractivity contribution < 1.29 is 14.7 Å². The van der Waals surface area contributed by atoms with E-state index in [0.29, 0.717) is 17.9 Å². The zero-order chi connectivity index (χ0) is 17.0. The molecule has 1 heterocycles. The second kappa shape index (κ2) is 7.62. The van der Waals surface area contributed by atoms with Crippen LogP contribution in [0.3, 0.4) is 0 Å². The Hall–Kier alpha value is -1.85. The van der Waals surface area contributed by atoms with Crippen LogP contribution in [0, 0.1) is 5.92 Å². The molecule has 0 aliphatic heterocycles. The molecule has 1 atom stereocenters. The van der Waals surface area contributed by atoms with Crippen LogP contribution in [0.2, 0.25) is 0 Å². The maximum Gasteiger partial charge on any atom is 0.326 e. The molecule has 128 valence electrons. The Morgan fingerprint density at radius 2 is 2.00 bits per heavy atom. The molecule has 6 nitrogen and oxygen atoms in total. The topological polar surface area (TPSA) is 84.2 Å². The van der Waals surface area contributed by atoms with Gasteiger partial charge in [0.1, 0.15) is 6.04 Å². The summed E-state index contributed by atoms with van der Waals surface area (Å²) >= 11 is 0. The first-order chi connectivity index (χ1) is 10.9. The van der Waals surface area contributed by atoms with Crippen molar-refractivity contribution in [2.75, 3.05) is 0 Å². The van der Waals surface area contributed by atoms with E-state index in [2.05, 4.69) is 10.4 Å². The molecule has 1 aromatic heterocycles. The number of carbonyl (C=O) groups is 2. The highest BCUT2D eigenvalue weighted by molar-refractivity contribution is 5.97. The number of hydrogen-bond acceptors (Lipinski definition) is 3. The van der Waals surface area contributed by atoms with E-state index in [4.69, 9.17) is 0 Å². The van der Waals surface area contributed by atoms with E-state index in [0.717, 1.165) is 31.4 Å². The third-order valence-electron chi connectivity index (χ3n) is 4.40. The van der Waals surface area contributed by atoms with Gasteiger partial charge in [0.15, 0.2) is 0 Å². The fourth-order valence-corrected chi connectivity index (χ4v) is 3.29. The summed E-state index contributed by atoms with van der Waals surface area (Å²) < 4.78 is 1.65. The average Bonchev–Trinajstić information content (AvgIpc) is 2.89. The highest BCUT2D eigenvalue weighted by atomic mass is 16.4. The molecule has 0 saturated heterocycles. The predicted molar refractivity (Wildman–Crippen MR) is 87.4 cm³/mol. The minimum absolute atomic E-state index is 0.197. The molecule has 0 spiro atoms. The number of carboxylic acid groups (broad SMARTS) is 1. The lowest BCUT2D eigenvalue weighted by Crippen LogP contribution is -2.41. The first-order valence-electron chi connectivity index (χ1n) is 8.45. The Bertz CT molecular complexity index is 559. The van der Waals surface area contributed by atoms with E-state index in [9.17, 15) is 14.7 Å². The normalized spacial score (nSPS) is 17.2. The van der Waals surface area contributed by atoms with Crippen LogP contribution in [0.5, 0.6) is 0 Å². The summed E-state index contributed by atoms with van der Waals surface area (Å²) in [5.74, 6) is -0.816. The third kappa shape index (κ3) is 4.56. The molecule has 23 heavy (non-hydrogen) atoms. The van der Waals surface area contributed by atoms with Gasteiger partial charge in [-0.15, -0.1) is 0 Å². The number of carboxylic acids is 1. The lowest BCUT2D eigenvalue weighted by molar-refractivity contribution is -0.139. The maximum atomic E-state index is 12.6. The van der Waals surface area contributed by atoms with Gasteiger partial charge in [0.2, 0.25) is 0 Å². The number of amides is 1. The molecule has 2 rings (SSSR count). The summed E-state index contributed by atoms with van der Waals surface area (Å²) in [6.45, 7) is 3.89. The molecule has 1 aromatic rings. The van der Waals surface area contributed by atoms with Crippen LogP contribution in [0.1, 0.15) is 74.3 Å². The number of aliphatic carboxylic acids is 1. The minimum atomic E-state index is -0.991. The second-order valence-corrected chi connectivity index (χ2v) is 6.93. The third-order valence-corrected chi connectivity index (χ3v) is 4.40. The number of nitrogens with one attached hydrogen (secondary N) is 1. The summed E-state index contributed by atoms with van der Waals surface area (Å²) in [6.07, 6.45) is 7.77. The Morgan fingerprint density at radius 3 is 2.57 bits per heavy atom. The van der Waals surface area contributed by atoms with Crippen LogP contribution in [0.25, 0.3) is 0 Å². The average molecular weight is 321 g/mol. The lowest BCUT2D eigenvalue weighted by atomic mass is 9.85. The standard InChI is InChI=1S/C17H27N3O3/c1-11(2)9-14(17(22)23)18-16(21)13-10-20(3)19-15(13)12-7-5-4-6-8-12/h10-12,14H,4-9H2,1-3H3,(H,18,21)(H,22,23)/t14-/m1/s1. The van der Waals surface area contributed by atoms with Crippen molar-refractivity contribution >= 4 is 11.9 Å². The predicted octanol–water partition coefficient (Wildman–Crippen LogP) is 2.70. The van der Waals surface area contributed by atoms with Crippen molar-refractivity contribution in [3.63, 3.8) is 0 Å². The van der Waals surface area contributed by atoms with E-state index in [1.807, 2.05) is 13.8 Å². The summed E-state index contributed by atoms with van der Waals surface area (Å²) in [7, 11) is 1.80. The Kier molecular flexibility index (Phi) is 5.80. The van der Waals surface area contributed by atoms with E-state index in [1.54, 1.807) is 17.9 Å². The van der Waals surface area contributed by atoms with Crippen LogP contribution in [0.4, 0.5) is 0 Å². The molecule has 1 aliphatic rings. The fourth-order valence-electron chi connectivity index (χ4n) is 3.29. The fraction of sp³-hybridized carbons (Fsp3) is 0.706. The van der Waals surface area contributed by atoms with Crippen LogP contribution >= 0.6 is 0 Å². The summed E-state index contributed by atoms with van der Waals surface area (Å²) in [4.78, 5) is 23.9. The first kappa shape index (κ1) is 17.5. The number of rotatable bonds is 6. The number of nitrogens with zero attached hydrogens (tertiary/aromatic N) is 2. The van der Waals surface area contributed by atoms with Gasteiger partial charge < -0.3 is 10.4 Å². The highest BCUT2D eigenvalue weighted by Crippen LogP contribution is 2.33. The summed E-state index contributed by atoms with van der Waals surface area (Å²) in [5, 5.41) is 16.4. The van der Waals surface area contributed by atoms with Gasteiger partial charge in [-0.3, -0.25) is 9.48 Å². The van der Waals surface area contributed by atoms with Gasteiger partial charge in [-0.25, -0.2) is 4.79 Å². The van der Waals surface area contributed by atoms with Gasteiger partial charge in [-0.2, -0.15) is 5.10 Å². The van der Waals surface area contributed by atoms with Gasteiger partial charge in [-0.1, -0.05) is 33.1 Å². The molecule has 1 fully saturated rings. The smallest absolute Gasteiger partial charge is 0.326 e. The van der Waals surface area contributed by atoms with Crippen LogP contribution in [-0.4, -0.2) is 32.8 Å². The van der Waals surface area contributed by atoms with Crippen molar-refractivity contribution in [1.82, 2.24) is 15.1 Å². The Labute approximate surface area is 137 Å². The molecule has 1 aliphatic carbocycles. The van der Waals surface area contributed by atoms with Crippen LogP contribution < -0.4 is 5.32 Å². The number of hydrogen-bond donors (Lipinski definition) is 2.